The first-order chi connectivity index (χ1) is 28.5. The smallest absolute Gasteiger partial charge is 0.407 e. The van der Waals surface area contributed by atoms with Gasteiger partial charge in [-0.25, -0.2) is 22.0 Å². The van der Waals surface area contributed by atoms with E-state index in [4.69, 9.17) is 4.74 Å². The fourth-order valence-corrected chi connectivity index (χ4v) is 12.7. The lowest BCUT2D eigenvalue weighted by molar-refractivity contribution is -0.129. The number of piperidine rings is 2. The third kappa shape index (κ3) is 9.06. The number of alkyl halides is 1. The molecule has 2 aromatic rings. The van der Waals surface area contributed by atoms with Gasteiger partial charge in [0.05, 0.1) is 25.1 Å². The summed E-state index contributed by atoms with van der Waals surface area (Å²) in [6.07, 6.45) is 12.3. The number of anilines is 1. The van der Waals surface area contributed by atoms with E-state index in [1.807, 2.05) is 17.0 Å². The Balaban J connectivity index is 0.856. The molecule has 11 nitrogen and oxygen atoms in total. The Labute approximate surface area is 349 Å². The Morgan fingerprint density at radius 2 is 1.59 bits per heavy atom. The number of nitrogens with one attached hydrogen (secondary N) is 1. The maximum Gasteiger partial charge on any atom is 0.407 e. The lowest BCUT2D eigenvalue weighted by atomic mass is 9.57. The monoisotopic (exact) mass is 836 g/mol. The van der Waals surface area contributed by atoms with Gasteiger partial charge in [0.2, 0.25) is 5.91 Å². The molecule has 5 heterocycles. The second-order valence-corrected chi connectivity index (χ2v) is 20.4. The van der Waals surface area contributed by atoms with Gasteiger partial charge in [-0.15, -0.1) is 0 Å². The second kappa shape index (κ2) is 17.8. The highest BCUT2D eigenvalue weighted by molar-refractivity contribution is 7.92. The molecular formula is C45H62F2N6O5S. The summed E-state index contributed by atoms with van der Waals surface area (Å²) in [5.74, 6) is -0.0573. The molecule has 14 heteroatoms. The first kappa shape index (κ1) is 42.1. The van der Waals surface area contributed by atoms with E-state index in [0.717, 1.165) is 102 Å². The number of methoxy groups -OCH3 is 1. The number of benzene rings is 2. The highest BCUT2D eigenvalue weighted by Gasteiger charge is 2.54. The van der Waals surface area contributed by atoms with E-state index in [9.17, 15) is 18.0 Å². The number of amides is 2. The van der Waals surface area contributed by atoms with Crippen molar-refractivity contribution in [2.45, 2.75) is 85.1 Å². The topological polar surface area (TPSA) is 106 Å². The molecule has 5 saturated heterocycles. The van der Waals surface area contributed by atoms with Gasteiger partial charge < -0.3 is 24.8 Å². The van der Waals surface area contributed by atoms with E-state index in [1.165, 1.54) is 32.4 Å². The number of nitrogens with zero attached hydrogens (tertiary/aromatic N) is 5. The van der Waals surface area contributed by atoms with Crippen LogP contribution in [0.3, 0.4) is 0 Å². The second-order valence-electron chi connectivity index (χ2n) is 18.2. The van der Waals surface area contributed by atoms with Crippen LogP contribution in [0.25, 0.3) is 0 Å². The normalized spacial score (nSPS) is 25.9. The first-order valence-corrected chi connectivity index (χ1v) is 23.5. The molecule has 0 spiro atoms. The largest absolute Gasteiger partial charge is 0.453 e. The third-order valence-electron chi connectivity index (χ3n) is 14.4. The average molecular weight is 837 g/mol. The van der Waals surface area contributed by atoms with Gasteiger partial charge in [0.25, 0.3) is 0 Å². The highest BCUT2D eigenvalue weighted by Crippen LogP contribution is 2.52. The van der Waals surface area contributed by atoms with Crippen LogP contribution in [0.5, 0.6) is 0 Å². The molecule has 5 aliphatic heterocycles. The van der Waals surface area contributed by atoms with Crippen molar-refractivity contribution in [1.82, 2.24) is 24.9 Å². The predicted molar refractivity (Wildman–Crippen MR) is 224 cm³/mol. The molecule has 1 aliphatic carbocycles. The van der Waals surface area contributed by atoms with Gasteiger partial charge in [-0.3, -0.25) is 14.6 Å². The lowest BCUT2D eigenvalue weighted by Crippen LogP contribution is -2.65. The molecule has 0 aromatic heterocycles. The minimum atomic E-state index is -3.61. The zero-order valence-electron chi connectivity index (χ0n) is 34.6. The molecule has 1 saturated carbocycles. The quantitative estimate of drug-likeness (QED) is 0.256. The molecular weight excluding hydrogens is 775 g/mol. The van der Waals surface area contributed by atoms with Gasteiger partial charge in [0.15, 0.2) is 15.5 Å². The van der Waals surface area contributed by atoms with Crippen LogP contribution in [0.15, 0.2) is 65.6 Å². The molecule has 322 valence electrons. The minimum Gasteiger partial charge on any atom is -0.453 e. The molecule has 6 fully saturated rings. The Hall–Kier alpha value is -3.59. The van der Waals surface area contributed by atoms with Gasteiger partial charge in [-0.1, -0.05) is 31.1 Å². The first-order valence-electron chi connectivity index (χ1n) is 22.0. The number of hydrogen-bond acceptors (Lipinski definition) is 9. The molecule has 2 aromatic carbocycles. The number of sulfone groups is 1. The fraction of sp³-hybridized carbons (Fsp3) is 0.644. The molecule has 8 rings (SSSR count). The number of carbonyl (C=O) groups excluding carboxylic acids is 2. The van der Waals surface area contributed by atoms with E-state index in [2.05, 4.69) is 26.1 Å². The summed E-state index contributed by atoms with van der Waals surface area (Å²) >= 11 is 0. The molecule has 3 atom stereocenters. The summed E-state index contributed by atoms with van der Waals surface area (Å²) in [5.41, 5.74) is 0.0201. The van der Waals surface area contributed by atoms with Crippen molar-refractivity contribution in [3.05, 3.63) is 72.1 Å². The van der Waals surface area contributed by atoms with Crippen molar-refractivity contribution < 1.29 is 31.5 Å². The van der Waals surface area contributed by atoms with Crippen molar-refractivity contribution in [2.24, 2.45) is 11.8 Å². The SMILES string of the molecule is COC(=O)N[C@H]1CCC[C@@H]1[C@](CN1CCC1)(c1cccc(F)c1)C1CCN(CC2(F)CN(c3ccc(S(=O)(=O)C4CN(C(=O)/C=C/CN5CCCCC5)C4)cc3)C2)CC1. The van der Waals surface area contributed by atoms with Crippen LogP contribution in [0, 0.1) is 17.7 Å². The van der Waals surface area contributed by atoms with Crippen LogP contribution in [-0.4, -0.2) is 149 Å². The van der Waals surface area contributed by atoms with Crippen molar-refractivity contribution in [1.29, 1.82) is 0 Å². The Morgan fingerprint density at radius 1 is 0.881 bits per heavy atom. The Kier molecular flexibility index (Phi) is 12.7. The number of likely N-dealkylation sites (tertiary alicyclic amines) is 4. The van der Waals surface area contributed by atoms with Gasteiger partial charge in [0.1, 0.15) is 11.1 Å². The molecule has 59 heavy (non-hydrogen) atoms. The highest BCUT2D eigenvalue weighted by atomic mass is 32.2. The summed E-state index contributed by atoms with van der Waals surface area (Å²) in [6.45, 7) is 8.30. The number of rotatable bonds is 14. The van der Waals surface area contributed by atoms with Gasteiger partial charge in [-0.2, -0.15) is 0 Å². The summed E-state index contributed by atoms with van der Waals surface area (Å²) < 4.78 is 63.2. The van der Waals surface area contributed by atoms with Gasteiger partial charge in [0, 0.05) is 55.9 Å². The maximum absolute atomic E-state index is 16.3. The van der Waals surface area contributed by atoms with Crippen molar-refractivity contribution in [3.63, 3.8) is 0 Å². The van der Waals surface area contributed by atoms with Crippen LogP contribution in [0.2, 0.25) is 0 Å². The molecule has 0 bridgehead atoms. The molecule has 2 amide bonds. The minimum absolute atomic E-state index is 0.0739. The van der Waals surface area contributed by atoms with E-state index in [-0.39, 0.29) is 66.1 Å². The number of halogens is 2. The van der Waals surface area contributed by atoms with E-state index in [1.54, 1.807) is 41.3 Å². The number of ether oxygens (including phenoxy) is 1. The van der Waals surface area contributed by atoms with E-state index >= 15 is 8.78 Å². The molecule has 6 aliphatic rings. The van der Waals surface area contributed by atoms with Crippen molar-refractivity contribution >= 4 is 27.5 Å². The summed E-state index contributed by atoms with van der Waals surface area (Å²) in [5, 5.41) is 2.51. The number of hydrogen-bond donors (Lipinski definition) is 1. The molecule has 0 radical (unpaired) electrons. The van der Waals surface area contributed by atoms with Crippen LogP contribution in [-0.2, 0) is 24.8 Å². The molecule has 1 N–H and O–H groups in total. The van der Waals surface area contributed by atoms with Crippen LogP contribution >= 0.6 is 0 Å². The lowest BCUT2D eigenvalue weighted by Gasteiger charge is -2.54. The van der Waals surface area contributed by atoms with Crippen LogP contribution < -0.4 is 10.2 Å². The third-order valence-corrected chi connectivity index (χ3v) is 16.5. The van der Waals surface area contributed by atoms with Crippen LogP contribution in [0.4, 0.5) is 19.3 Å². The summed E-state index contributed by atoms with van der Waals surface area (Å²) in [6, 6.07) is 13.8. The van der Waals surface area contributed by atoms with Gasteiger partial charge in [-0.05, 0) is 138 Å². The summed E-state index contributed by atoms with van der Waals surface area (Å²) in [4.78, 5) is 36.0. The zero-order chi connectivity index (χ0) is 41.2. The van der Waals surface area contributed by atoms with Crippen LogP contribution in [0.1, 0.15) is 63.4 Å². The van der Waals surface area contributed by atoms with E-state index < -0.39 is 26.8 Å². The fourth-order valence-electron chi connectivity index (χ4n) is 11.1. The van der Waals surface area contributed by atoms with Crippen molar-refractivity contribution in [2.75, 3.05) is 97.1 Å². The van der Waals surface area contributed by atoms with Crippen molar-refractivity contribution in [3.8, 4) is 0 Å². The average Bonchev–Trinajstić information content (AvgIpc) is 3.65. The molecule has 0 unspecified atom stereocenters. The number of carbonyl (C=O) groups is 2. The Morgan fingerprint density at radius 3 is 2.25 bits per heavy atom. The maximum atomic E-state index is 16.3. The van der Waals surface area contributed by atoms with E-state index in [0.29, 0.717) is 6.54 Å². The standard InChI is InChI=1S/C45H62F2N6O5S/c1-58-43(55)48-41-12-6-11-40(41)45(33-50-23-8-24-50,35-9-5-10-36(46)27-35)34-18-25-51(26-19-34)30-44(47)31-53(32-44)37-14-16-38(17-15-37)59(56,57)39-28-52(29-39)42(54)13-7-22-49-20-3-2-4-21-49/h5,7,9-10,13-17,27,34,39-41H,2-4,6,8,11-12,18-26,28-33H2,1H3,(H,48,55)/b13-7+/t40-,41-,45-/m0/s1. The Bertz CT molecular complexity index is 1920. The number of alkyl carbamates (subject to hydrolysis) is 1. The summed E-state index contributed by atoms with van der Waals surface area (Å²) in [7, 11) is -2.21. The van der Waals surface area contributed by atoms with Gasteiger partial charge >= 0.3 is 6.09 Å². The zero-order valence-corrected chi connectivity index (χ0v) is 35.4. The predicted octanol–water partition coefficient (Wildman–Crippen LogP) is 5.26.